The standard InChI is InChI=1S/C30H43N2O7P/c1-4-38-29(34)26(17-11-12-20-31-30(35)39-21-25-15-9-6-10-16-25)22-40(36,37)28(23(2)3)32-27(33)19-18-24-13-7-5-8-14-24/h5-10,13-16,23,26,28H,4,11-12,17-22H2,1-3H3,(H,31,35)(H,32,33)(H,36,37). The van der Waals surface area contributed by atoms with E-state index in [0.717, 1.165) is 11.1 Å². The highest BCUT2D eigenvalue weighted by Gasteiger charge is 2.39. The van der Waals surface area contributed by atoms with E-state index in [1.165, 1.54) is 0 Å². The average Bonchev–Trinajstić information content (AvgIpc) is 2.93. The first-order valence-corrected chi connectivity index (χ1v) is 15.8. The molecule has 3 N–H and O–H groups in total. The first-order valence-electron chi connectivity index (χ1n) is 13.9. The Morgan fingerprint density at radius 1 is 0.925 bits per heavy atom. The molecule has 9 nitrogen and oxygen atoms in total. The molecule has 0 fully saturated rings. The van der Waals surface area contributed by atoms with Crippen LogP contribution in [0.2, 0.25) is 0 Å². The Hall–Kier alpha value is -3.16. The van der Waals surface area contributed by atoms with Gasteiger partial charge in [-0.05, 0) is 43.2 Å². The normalized spacial score (nSPS) is 14.0. The summed E-state index contributed by atoms with van der Waals surface area (Å²) in [6.45, 7) is 5.89. The maximum absolute atomic E-state index is 13.5. The molecule has 0 heterocycles. The van der Waals surface area contributed by atoms with Crippen LogP contribution >= 0.6 is 7.37 Å². The van der Waals surface area contributed by atoms with Crippen LogP contribution in [0.4, 0.5) is 4.79 Å². The summed E-state index contributed by atoms with van der Waals surface area (Å²) in [7, 11) is -3.97. The molecule has 0 saturated carbocycles. The fourth-order valence-corrected chi connectivity index (χ4v) is 6.79. The number of rotatable bonds is 17. The summed E-state index contributed by atoms with van der Waals surface area (Å²) in [5.74, 6) is -2.94. The van der Waals surface area contributed by atoms with Crippen LogP contribution in [0.15, 0.2) is 60.7 Å². The van der Waals surface area contributed by atoms with E-state index in [1.54, 1.807) is 20.8 Å². The Labute approximate surface area is 237 Å². The molecule has 0 saturated heterocycles. The van der Waals surface area contributed by atoms with Crippen LogP contribution in [-0.4, -0.2) is 48.0 Å². The van der Waals surface area contributed by atoms with Gasteiger partial charge in [0.1, 0.15) is 12.4 Å². The largest absolute Gasteiger partial charge is 0.466 e. The SMILES string of the molecule is CCOC(=O)C(CCCCNC(=O)OCc1ccccc1)CP(=O)(O)C(NC(=O)CCc1ccccc1)C(C)C. The number of carbonyl (C=O) groups excluding carboxylic acids is 3. The van der Waals surface area contributed by atoms with Gasteiger partial charge < -0.3 is 25.0 Å². The van der Waals surface area contributed by atoms with Crippen molar-refractivity contribution in [1.82, 2.24) is 10.6 Å². The van der Waals surface area contributed by atoms with Gasteiger partial charge in [-0.2, -0.15) is 0 Å². The lowest BCUT2D eigenvalue weighted by Gasteiger charge is -2.29. The van der Waals surface area contributed by atoms with Gasteiger partial charge in [-0.3, -0.25) is 14.2 Å². The summed E-state index contributed by atoms with van der Waals surface area (Å²) in [4.78, 5) is 48.3. The van der Waals surface area contributed by atoms with E-state index >= 15 is 0 Å². The lowest BCUT2D eigenvalue weighted by atomic mass is 10.0. The second-order valence-corrected chi connectivity index (χ2v) is 12.5. The lowest BCUT2D eigenvalue weighted by molar-refractivity contribution is -0.147. The van der Waals surface area contributed by atoms with Crippen molar-refractivity contribution in [1.29, 1.82) is 0 Å². The Kier molecular flexibility index (Phi) is 14.5. The number of ether oxygens (including phenoxy) is 2. The maximum Gasteiger partial charge on any atom is 0.407 e. The highest BCUT2D eigenvalue weighted by molar-refractivity contribution is 7.58. The molecule has 2 aromatic rings. The van der Waals surface area contributed by atoms with E-state index in [4.69, 9.17) is 9.47 Å². The van der Waals surface area contributed by atoms with E-state index in [0.29, 0.717) is 32.2 Å². The molecule has 0 aliphatic rings. The van der Waals surface area contributed by atoms with Crippen LogP contribution in [0, 0.1) is 11.8 Å². The molecule has 10 heteroatoms. The zero-order valence-electron chi connectivity index (χ0n) is 23.7. The van der Waals surface area contributed by atoms with Gasteiger partial charge >= 0.3 is 12.1 Å². The first kappa shape index (κ1) is 33.0. The zero-order chi connectivity index (χ0) is 29.4. The molecule has 2 amide bonds. The maximum atomic E-state index is 13.5. The number of unbranched alkanes of at least 4 members (excludes halogenated alkanes) is 1. The quantitative estimate of drug-likeness (QED) is 0.133. The molecular weight excluding hydrogens is 531 g/mol. The molecular formula is C30H43N2O7P. The van der Waals surface area contributed by atoms with E-state index < -0.39 is 31.1 Å². The minimum absolute atomic E-state index is 0.156. The number of amides is 2. The summed E-state index contributed by atoms with van der Waals surface area (Å²) < 4.78 is 23.9. The fraction of sp³-hybridized carbons (Fsp3) is 0.500. The Balaban J connectivity index is 1.86. The number of esters is 1. The van der Waals surface area contributed by atoms with Gasteiger partial charge in [0.15, 0.2) is 0 Å². The van der Waals surface area contributed by atoms with E-state index in [-0.39, 0.29) is 37.6 Å². The Morgan fingerprint density at radius 2 is 1.55 bits per heavy atom. The predicted octanol–water partition coefficient (Wildman–Crippen LogP) is 5.26. The molecule has 0 radical (unpaired) electrons. The fourth-order valence-electron chi connectivity index (χ4n) is 4.33. The first-order chi connectivity index (χ1) is 19.1. The van der Waals surface area contributed by atoms with E-state index in [9.17, 15) is 23.8 Å². The molecule has 0 aliphatic carbocycles. The Morgan fingerprint density at radius 3 is 2.15 bits per heavy atom. The number of hydrogen-bond acceptors (Lipinski definition) is 6. The topological polar surface area (TPSA) is 131 Å². The number of benzene rings is 2. The van der Waals surface area contributed by atoms with Crippen LogP contribution in [0.25, 0.3) is 0 Å². The zero-order valence-corrected chi connectivity index (χ0v) is 24.6. The van der Waals surface area contributed by atoms with Crippen molar-refractivity contribution in [2.24, 2.45) is 11.8 Å². The second kappa shape index (κ2) is 17.5. The van der Waals surface area contributed by atoms with Gasteiger partial charge in [0.05, 0.1) is 12.5 Å². The molecule has 0 aromatic heterocycles. The summed E-state index contributed by atoms with van der Waals surface area (Å²) in [6, 6.07) is 18.9. The predicted molar refractivity (Wildman–Crippen MR) is 155 cm³/mol. The number of alkyl carbamates (subject to hydrolysis) is 1. The van der Waals surface area contributed by atoms with Gasteiger partial charge in [0.25, 0.3) is 0 Å². The van der Waals surface area contributed by atoms with Crippen LogP contribution in [0.3, 0.4) is 0 Å². The molecule has 0 spiro atoms. The number of hydrogen-bond donors (Lipinski definition) is 3. The van der Waals surface area contributed by atoms with Gasteiger partial charge in [-0.25, -0.2) is 4.79 Å². The number of nitrogens with one attached hydrogen (secondary N) is 2. The molecule has 40 heavy (non-hydrogen) atoms. The third kappa shape index (κ3) is 12.3. The van der Waals surface area contributed by atoms with Gasteiger partial charge in [0, 0.05) is 19.1 Å². The highest BCUT2D eigenvalue weighted by atomic mass is 31.2. The summed E-state index contributed by atoms with van der Waals surface area (Å²) in [5.41, 5.74) is 1.89. The minimum atomic E-state index is -3.97. The van der Waals surface area contributed by atoms with Crippen LogP contribution in [0.5, 0.6) is 0 Å². The van der Waals surface area contributed by atoms with Crippen molar-refractivity contribution in [3.63, 3.8) is 0 Å². The average molecular weight is 575 g/mol. The van der Waals surface area contributed by atoms with Crippen LogP contribution < -0.4 is 10.6 Å². The van der Waals surface area contributed by atoms with Crippen molar-refractivity contribution in [2.75, 3.05) is 19.3 Å². The highest BCUT2D eigenvalue weighted by Crippen LogP contribution is 2.50. The second-order valence-electron chi connectivity index (χ2n) is 10.1. The lowest BCUT2D eigenvalue weighted by Crippen LogP contribution is -2.40. The molecule has 3 atom stereocenters. The summed E-state index contributed by atoms with van der Waals surface area (Å²) >= 11 is 0. The van der Waals surface area contributed by atoms with E-state index in [1.807, 2.05) is 60.7 Å². The van der Waals surface area contributed by atoms with Gasteiger partial charge in [-0.1, -0.05) is 80.9 Å². The van der Waals surface area contributed by atoms with Crippen molar-refractivity contribution in [2.45, 2.75) is 65.3 Å². The van der Waals surface area contributed by atoms with Gasteiger partial charge in [-0.15, -0.1) is 0 Å². The third-order valence-electron chi connectivity index (χ3n) is 6.42. The smallest absolute Gasteiger partial charge is 0.407 e. The molecule has 0 bridgehead atoms. The minimum Gasteiger partial charge on any atom is -0.466 e. The van der Waals surface area contributed by atoms with Crippen molar-refractivity contribution in [3.05, 3.63) is 71.8 Å². The molecule has 2 aromatic carbocycles. The molecule has 220 valence electrons. The summed E-state index contributed by atoms with van der Waals surface area (Å²) in [6.07, 6.45) is 1.28. The molecule has 3 unspecified atom stereocenters. The van der Waals surface area contributed by atoms with E-state index in [2.05, 4.69) is 10.6 Å². The summed E-state index contributed by atoms with van der Waals surface area (Å²) in [5, 5.41) is 5.43. The third-order valence-corrected chi connectivity index (χ3v) is 8.98. The molecule has 2 rings (SSSR count). The van der Waals surface area contributed by atoms with Crippen molar-refractivity contribution in [3.8, 4) is 0 Å². The van der Waals surface area contributed by atoms with Crippen molar-refractivity contribution >= 4 is 25.3 Å². The van der Waals surface area contributed by atoms with Gasteiger partial charge in [0.2, 0.25) is 13.3 Å². The number of carbonyl (C=O) groups is 3. The van der Waals surface area contributed by atoms with Crippen molar-refractivity contribution < 1.29 is 33.3 Å². The molecule has 0 aliphatic heterocycles. The Bertz CT molecular complexity index is 1100. The van der Waals surface area contributed by atoms with Crippen LogP contribution in [-0.2, 0) is 36.7 Å². The monoisotopic (exact) mass is 574 g/mol. The number of aryl methyl sites for hydroxylation is 1. The van der Waals surface area contributed by atoms with Crippen LogP contribution in [0.1, 0.15) is 57.6 Å².